The average molecular weight is 465 g/mol. The highest BCUT2D eigenvalue weighted by Gasteiger charge is 2.20. The number of benzene rings is 1. The Kier molecular flexibility index (Phi) is 9.07. The van der Waals surface area contributed by atoms with E-state index in [1.807, 2.05) is 31.5 Å². The molecule has 8 heteroatoms. The molecular weight excluding hydrogens is 428 g/mol. The second-order valence-electron chi connectivity index (χ2n) is 8.66. The van der Waals surface area contributed by atoms with Crippen LogP contribution in [0, 0.1) is 0 Å². The number of nitrogens with zero attached hydrogens (tertiary/aromatic N) is 2. The molecule has 0 bridgehead atoms. The number of nitrogens with two attached hydrogens (primary N) is 2. The van der Waals surface area contributed by atoms with Crippen molar-refractivity contribution >= 4 is 17.6 Å². The molecule has 2 atom stereocenters. The van der Waals surface area contributed by atoms with Crippen molar-refractivity contribution in [3.8, 4) is 0 Å². The minimum absolute atomic E-state index is 0.331. The van der Waals surface area contributed by atoms with Crippen LogP contribution in [0.15, 0.2) is 66.5 Å². The molecule has 1 aromatic carbocycles. The summed E-state index contributed by atoms with van der Waals surface area (Å²) in [6.45, 7) is 7.04. The Labute approximate surface area is 201 Å². The van der Waals surface area contributed by atoms with Gasteiger partial charge in [-0.1, -0.05) is 36.9 Å². The number of carbonyl (C=O) groups is 1. The maximum Gasteiger partial charge on any atom is 0.323 e. The van der Waals surface area contributed by atoms with E-state index in [4.69, 9.17) is 16.2 Å². The third kappa shape index (κ3) is 7.60. The quantitative estimate of drug-likeness (QED) is 0.282. The average Bonchev–Trinajstić information content (AvgIpc) is 3.13. The number of hydrogen-bond acceptors (Lipinski definition) is 7. The smallest absolute Gasteiger partial charge is 0.323 e. The first-order chi connectivity index (χ1) is 16.3. The molecule has 1 aliphatic rings. The van der Waals surface area contributed by atoms with E-state index < -0.39 is 6.04 Å². The first-order valence-corrected chi connectivity index (χ1v) is 11.7. The van der Waals surface area contributed by atoms with E-state index in [1.165, 1.54) is 5.56 Å². The molecule has 1 aliphatic carbocycles. The van der Waals surface area contributed by atoms with Crippen LogP contribution in [0.2, 0.25) is 0 Å². The lowest BCUT2D eigenvalue weighted by Gasteiger charge is -2.22. The molecule has 3 rings (SSSR count). The van der Waals surface area contributed by atoms with Gasteiger partial charge in [0.25, 0.3) is 0 Å². The van der Waals surface area contributed by atoms with Crippen molar-refractivity contribution in [2.45, 2.75) is 44.8 Å². The van der Waals surface area contributed by atoms with Crippen LogP contribution >= 0.6 is 0 Å². The van der Waals surface area contributed by atoms with Gasteiger partial charge in [-0.25, -0.2) is 4.98 Å². The van der Waals surface area contributed by atoms with E-state index in [2.05, 4.69) is 46.5 Å². The van der Waals surface area contributed by atoms with E-state index in [0.717, 1.165) is 48.5 Å². The van der Waals surface area contributed by atoms with E-state index >= 15 is 0 Å². The Hall–Kier alpha value is -3.36. The van der Waals surface area contributed by atoms with Crippen molar-refractivity contribution in [1.82, 2.24) is 14.9 Å². The van der Waals surface area contributed by atoms with E-state index in [1.54, 1.807) is 11.5 Å². The van der Waals surface area contributed by atoms with Crippen LogP contribution in [0.25, 0.3) is 0 Å². The van der Waals surface area contributed by atoms with Crippen molar-refractivity contribution in [3.05, 3.63) is 77.8 Å². The summed E-state index contributed by atoms with van der Waals surface area (Å²) in [6, 6.07) is 7.63. The highest BCUT2D eigenvalue weighted by Crippen LogP contribution is 2.17. The number of imidazole rings is 1. The number of allylic oxidation sites excluding steroid dienone is 3. The molecule has 1 heterocycles. The highest BCUT2D eigenvalue weighted by atomic mass is 16.5. The Bertz CT molecular complexity index is 1020. The lowest BCUT2D eigenvalue weighted by Crippen LogP contribution is -2.38. The highest BCUT2D eigenvalue weighted by molar-refractivity contribution is 5.75. The van der Waals surface area contributed by atoms with Crippen LogP contribution in [-0.2, 0) is 29.4 Å². The first-order valence-electron chi connectivity index (χ1n) is 11.7. The van der Waals surface area contributed by atoms with Crippen molar-refractivity contribution in [1.29, 1.82) is 0 Å². The topological polar surface area (TPSA) is 120 Å². The summed E-state index contributed by atoms with van der Waals surface area (Å²) in [5.74, 6) is 0.106. The molecule has 0 aliphatic heterocycles. The number of carbonyl (C=O) groups excluding carboxylic acids is 1. The van der Waals surface area contributed by atoms with Crippen molar-refractivity contribution in [3.63, 3.8) is 0 Å². The molecule has 34 heavy (non-hydrogen) atoms. The molecule has 0 radical (unpaired) electrons. The van der Waals surface area contributed by atoms with E-state index in [0.29, 0.717) is 18.9 Å². The van der Waals surface area contributed by atoms with Gasteiger partial charge >= 0.3 is 5.97 Å². The number of nitrogen functional groups attached to an aromatic ring is 1. The van der Waals surface area contributed by atoms with Crippen LogP contribution in [0.4, 0.5) is 11.6 Å². The summed E-state index contributed by atoms with van der Waals surface area (Å²) in [5.41, 5.74) is 16.4. The zero-order valence-electron chi connectivity index (χ0n) is 20.1. The monoisotopic (exact) mass is 464 g/mol. The summed E-state index contributed by atoms with van der Waals surface area (Å²) in [4.78, 5) is 16.3. The number of rotatable bonds is 12. The molecule has 0 saturated carbocycles. The second-order valence-corrected chi connectivity index (χ2v) is 8.66. The van der Waals surface area contributed by atoms with Crippen LogP contribution in [0.3, 0.4) is 0 Å². The Morgan fingerprint density at radius 1 is 1.29 bits per heavy atom. The molecule has 6 N–H and O–H groups in total. The normalized spacial score (nSPS) is 14.9. The number of esters is 1. The van der Waals surface area contributed by atoms with E-state index in [9.17, 15) is 4.79 Å². The van der Waals surface area contributed by atoms with Gasteiger partial charge in [0.1, 0.15) is 12.1 Å². The van der Waals surface area contributed by atoms with Gasteiger partial charge in [-0.05, 0) is 56.0 Å². The second kappa shape index (κ2) is 12.2. The minimum atomic E-state index is -0.638. The van der Waals surface area contributed by atoms with Crippen molar-refractivity contribution in [2.75, 3.05) is 24.1 Å². The SMILES string of the molecule is C=C(Cc1cn(C)c(N)n1)Nc1ccc(CCNC[C@H](OC(=O)C(C)N)C2=CCCC=C2)cc1. The maximum absolute atomic E-state index is 12.0. The third-order valence-corrected chi connectivity index (χ3v) is 5.58. The summed E-state index contributed by atoms with van der Waals surface area (Å²) >= 11 is 0. The molecule has 0 fully saturated rings. The number of ether oxygens (including phenoxy) is 1. The van der Waals surface area contributed by atoms with Gasteiger partial charge in [0.05, 0.1) is 5.69 Å². The largest absolute Gasteiger partial charge is 0.455 e. The lowest BCUT2D eigenvalue weighted by atomic mass is 10.0. The molecule has 8 nitrogen and oxygen atoms in total. The predicted octanol–water partition coefficient (Wildman–Crippen LogP) is 2.84. The summed E-state index contributed by atoms with van der Waals surface area (Å²) in [7, 11) is 1.87. The molecule has 0 spiro atoms. The van der Waals surface area contributed by atoms with Gasteiger partial charge in [-0.2, -0.15) is 0 Å². The van der Waals surface area contributed by atoms with Gasteiger partial charge in [0.2, 0.25) is 0 Å². The number of nitrogens with one attached hydrogen (secondary N) is 2. The van der Waals surface area contributed by atoms with Crippen molar-refractivity contribution < 1.29 is 9.53 Å². The minimum Gasteiger partial charge on any atom is -0.455 e. The van der Waals surface area contributed by atoms with Crippen molar-refractivity contribution in [2.24, 2.45) is 12.8 Å². The van der Waals surface area contributed by atoms with Gasteiger partial charge in [0.15, 0.2) is 5.95 Å². The molecule has 182 valence electrons. The lowest BCUT2D eigenvalue weighted by molar-refractivity contribution is -0.148. The summed E-state index contributed by atoms with van der Waals surface area (Å²) < 4.78 is 7.42. The van der Waals surface area contributed by atoms with Crippen LogP contribution in [-0.4, -0.2) is 40.8 Å². The van der Waals surface area contributed by atoms with Crippen LogP contribution in [0.5, 0.6) is 0 Å². The third-order valence-electron chi connectivity index (χ3n) is 5.58. The summed E-state index contributed by atoms with van der Waals surface area (Å²) in [6.07, 6.45) is 11.3. The molecule has 0 saturated heterocycles. The Morgan fingerprint density at radius 2 is 2.06 bits per heavy atom. The number of hydrogen-bond donors (Lipinski definition) is 4. The molecule has 2 aromatic rings. The standard InChI is InChI=1S/C26H36N6O2/c1-18(15-23-17-32(3)26(28)31-23)30-22-11-9-20(10-12-22)13-14-29-16-24(34-25(33)19(2)27)21-7-5-4-6-8-21/h5,7-12,17,19,24,29-30H,1,4,6,13-16,27H2,2-3H3,(H2,28,31)/t19?,24-/m0/s1. The number of aryl methyl sites for hydroxylation is 1. The molecular formula is C26H36N6O2. The van der Waals surface area contributed by atoms with Crippen LogP contribution < -0.4 is 22.1 Å². The molecule has 1 aromatic heterocycles. The fourth-order valence-electron chi connectivity index (χ4n) is 3.66. The zero-order chi connectivity index (χ0) is 24.5. The van der Waals surface area contributed by atoms with Gasteiger partial charge < -0.3 is 31.4 Å². The molecule has 0 amide bonds. The first kappa shape index (κ1) is 25.3. The summed E-state index contributed by atoms with van der Waals surface area (Å²) in [5, 5.41) is 6.74. The Morgan fingerprint density at radius 3 is 2.68 bits per heavy atom. The number of aromatic nitrogens is 2. The predicted molar refractivity (Wildman–Crippen MR) is 137 cm³/mol. The van der Waals surface area contributed by atoms with Crippen LogP contribution in [0.1, 0.15) is 31.0 Å². The fraction of sp³-hybridized carbons (Fsp3) is 0.385. The molecule has 1 unspecified atom stereocenters. The van der Waals surface area contributed by atoms with E-state index in [-0.39, 0.29) is 12.1 Å². The van der Waals surface area contributed by atoms with Gasteiger partial charge in [0, 0.05) is 37.6 Å². The maximum atomic E-state index is 12.0. The zero-order valence-corrected chi connectivity index (χ0v) is 20.1. The van der Waals surface area contributed by atoms with Gasteiger partial charge in [-0.3, -0.25) is 4.79 Å². The van der Waals surface area contributed by atoms with Gasteiger partial charge in [-0.15, -0.1) is 0 Å². The Balaban J connectivity index is 1.44. The fourth-order valence-corrected chi connectivity index (χ4v) is 3.66. The number of anilines is 2.